The SMILES string of the molecule is O=C1CCC(N2C(=O)c3ccc(OCCNC(=O)C4CCNCC4)cc3C2=O)C(=O)N1.O=CO. The molecule has 12 nitrogen and oxygen atoms in total. The van der Waals surface area contributed by atoms with E-state index in [0.717, 1.165) is 30.8 Å². The summed E-state index contributed by atoms with van der Waals surface area (Å²) in [6.07, 6.45) is 1.81. The second-order valence-corrected chi connectivity index (χ2v) is 7.92. The molecule has 4 rings (SSSR count). The first-order chi connectivity index (χ1) is 16.4. The quantitative estimate of drug-likeness (QED) is 0.236. The van der Waals surface area contributed by atoms with Crippen molar-refractivity contribution in [3.05, 3.63) is 29.3 Å². The molecule has 34 heavy (non-hydrogen) atoms. The molecule has 3 aliphatic rings. The number of benzene rings is 1. The third kappa shape index (κ3) is 5.57. The van der Waals surface area contributed by atoms with Gasteiger partial charge in [0, 0.05) is 12.3 Å². The molecular weight excluding hydrogens is 448 g/mol. The number of carbonyl (C=O) groups is 6. The van der Waals surface area contributed by atoms with Gasteiger partial charge in [-0.2, -0.15) is 0 Å². The van der Waals surface area contributed by atoms with E-state index in [1.165, 1.54) is 12.1 Å². The zero-order valence-corrected chi connectivity index (χ0v) is 18.4. The molecule has 0 bridgehead atoms. The predicted molar refractivity (Wildman–Crippen MR) is 116 cm³/mol. The van der Waals surface area contributed by atoms with Gasteiger partial charge in [0.15, 0.2) is 0 Å². The first-order valence-corrected chi connectivity index (χ1v) is 10.9. The van der Waals surface area contributed by atoms with E-state index in [4.69, 9.17) is 14.6 Å². The summed E-state index contributed by atoms with van der Waals surface area (Å²) in [7, 11) is 0. The highest BCUT2D eigenvalue weighted by molar-refractivity contribution is 6.23. The molecule has 3 aliphatic heterocycles. The van der Waals surface area contributed by atoms with E-state index in [9.17, 15) is 24.0 Å². The van der Waals surface area contributed by atoms with Crippen LogP contribution in [-0.4, -0.2) is 78.3 Å². The molecular formula is C22H26N4O8. The summed E-state index contributed by atoms with van der Waals surface area (Å²) >= 11 is 0. The molecule has 0 saturated carbocycles. The summed E-state index contributed by atoms with van der Waals surface area (Å²) in [6.45, 7) is 1.97. The lowest BCUT2D eigenvalue weighted by Crippen LogP contribution is -2.54. The number of amides is 5. The summed E-state index contributed by atoms with van der Waals surface area (Å²) < 4.78 is 5.64. The van der Waals surface area contributed by atoms with Crippen molar-refractivity contribution in [3.63, 3.8) is 0 Å². The number of imide groups is 2. The summed E-state index contributed by atoms with van der Waals surface area (Å²) in [5, 5.41) is 15.1. The smallest absolute Gasteiger partial charge is 0.290 e. The van der Waals surface area contributed by atoms with Gasteiger partial charge < -0.3 is 20.5 Å². The molecule has 0 spiro atoms. The van der Waals surface area contributed by atoms with Gasteiger partial charge in [-0.15, -0.1) is 0 Å². The Morgan fingerprint density at radius 3 is 2.47 bits per heavy atom. The number of hydrogen-bond acceptors (Lipinski definition) is 8. The largest absolute Gasteiger partial charge is 0.492 e. The zero-order chi connectivity index (χ0) is 24.7. The van der Waals surface area contributed by atoms with E-state index >= 15 is 0 Å². The van der Waals surface area contributed by atoms with E-state index in [0.29, 0.717) is 12.3 Å². The fourth-order valence-corrected chi connectivity index (χ4v) is 4.11. The predicted octanol–water partition coefficient (Wildman–Crippen LogP) is -0.717. The Morgan fingerprint density at radius 1 is 1.12 bits per heavy atom. The van der Waals surface area contributed by atoms with Crippen LogP contribution in [0.3, 0.4) is 0 Å². The van der Waals surface area contributed by atoms with E-state index in [-0.39, 0.29) is 48.9 Å². The number of fused-ring (bicyclic) bond motifs is 1. The maximum atomic E-state index is 12.8. The lowest BCUT2D eigenvalue weighted by molar-refractivity contribution is -0.136. The fourth-order valence-electron chi connectivity index (χ4n) is 4.11. The van der Waals surface area contributed by atoms with Crippen LogP contribution in [0.5, 0.6) is 5.75 Å². The fraction of sp³-hybridized carbons (Fsp3) is 0.455. The number of carbonyl (C=O) groups excluding carboxylic acids is 5. The van der Waals surface area contributed by atoms with E-state index in [1.54, 1.807) is 6.07 Å². The lowest BCUT2D eigenvalue weighted by atomic mass is 9.97. The molecule has 1 unspecified atom stereocenters. The van der Waals surface area contributed by atoms with Crippen molar-refractivity contribution < 1.29 is 38.6 Å². The van der Waals surface area contributed by atoms with Crippen molar-refractivity contribution in [3.8, 4) is 5.75 Å². The normalized spacial score (nSPS) is 20.1. The van der Waals surface area contributed by atoms with Crippen molar-refractivity contribution in [2.45, 2.75) is 31.7 Å². The Morgan fingerprint density at radius 2 is 1.79 bits per heavy atom. The maximum Gasteiger partial charge on any atom is 0.290 e. The summed E-state index contributed by atoms with van der Waals surface area (Å²) in [5.41, 5.74) is 0.354. The highest BCUT2D eigenvalue weighted by Gasteiger charge is 2.44. The topological polar surface area (TPSA) is 171 Å². The standard InChI is InChI=1S/C21H24N4O6.CH2O2/c26-17-4-3-16(19(28)24-17)25-20(29)14-2-1-13(11-15(14)21(25)30)31-10-9-23-18(27)12-5-7-22-8-6-12;2-1-3/h1-2,11-12,16,22H,3-10H2,(H,23,27)(H,24,26,28);1H,(H,2,3). The first kappa shape index (κ1) is 24.8. The number of nitrogens with one attached hydrogen (secondary N) is 3. The summed E-state index contributed by atoms with van der Waals surface area (Å²) in [5.74, 6) is -1.79. The Balaban J connectivity index is 0.00000103. The van der Waals surface area contributed by atoms with Crippen LogP contribution in [0.4, 0.5) is 0 Å². The monoisotopic (exact) mass is 474 g/mol. The molecule has 1 aromatic rings. The number of carboxylic acid groups (broad SMARTS) is 1. The third-order valence-electron chi connectivity index (χ3n) is 5.79. The molecule has 5 amide bonds. The molecule has 0 aliphatic carbocycles. The summed E-state index contributed by atoms with van der Waals surface area (Å²) in [4.78, 5) is 70.3. The lowest BCUT2D eigenvalue weighted by Gasteiger charge is -2.27. The molecule has 2 fully saturated rings. The van der Waals surface area contributed by atoms with Crippen LogP contribution in [0.2, 0.25) is 0 Å². The average molecular weight is 474 g/mol. The van der Waals surface area contributed by atoms with Crippen molar-refractivity contribution >= 4 is 36.0 Å². The molecule has 1 aromatic carbocycles. The van der Waals surface area contributed by atoms with Gasteiger partial charge in [-0.3, -0.25) is 39.0 Å². The molecule has 12 heteroatoms. The van der Waals surface area contributed by atoms with Crippen LogP contribution in [0.1, 0.15) is 46.4 Å². The van der Waals surface area contributed by atoms with Gasteiger partial charge in [0.1, 0.15) is 18.4 Å². The Kier molecular flexibility index (Phi) is 8.30. The van der Waals surface area contributed by atoms with Gasteiger partial charge in [0.25, 0.3) is 18.3 Å². The van der Waals surface area contributed by atoms with Gasteiger partial charge >= 0.3 is 0 Å². The van der Waals surface area contributed by atoms with Gasteiger partial charge in [-0.05, 0) is 50.6 Å². The van der Waals surface area contributed by atoms with Crippen LogP contribution in [-0.2, 0) is 19.2 Å². The minimum atomic E-state index is -1.00. The molecule has 0 aromatic heterocycles. The summed E-state index contributed by atoms with van der Waals surface area (Å²) in [6, 6.07) is 3.53. The van der Waals surface area contributed by atoms with Gasteiger partial charge in [-0.25, -0.2) is 0 Å². The maximum absolute atomic E-state index is 12.8. The highest BCUT2D eigenvalue weighted by Crippen LogP contribution is 2.30. The van der Waals surface area contributed by atoms with Crippen LogP contribution in [0.15, 0.2) is 18.2 Å². The highest BCUT2D eigenvalue weighted by atomic mass is 16.5. The first-order valence-electron chi connectivity index (χ1n) is 10.9. The molecule has 2 saturated heterocycles. The van der Waals surface area contributed by atoms with Crippen LogP contribution in [0.25, 0.3) is 0 Å². The minimum Gasteiger partial charge on any atom is -0.492 e. The molecule has 0 radical (unpaired) electrons. The van der Waals surface area contributed by atoms with E-state index in [2.05, 4.69) is 16.0 Å². The van der Waals surface area contributed by atoms with Crippen molar-refractivity contribution in [2.24, 2.45) is 5.92 Å². The van der Waals surface area contributed by atoms with Crippen molar-refractivity contribution in [1.29, 1.82) is 0 Å². The molecule has 4 N–H and O–H groups in total. The van der Waals surface area contributed by atoms with Crippen molar-refractivity contribution in [2.75, 3.05) is 26.2 Å². The third-order valence-corrected chi connectivity index (χ3v) is 5.79. The average Bonchev–Trinajstić information content (AvgIpc) is 3.07. The number of piperidine rings is 2. The van der Waals surface area contributed by atoms with E-state index < -0.39 is 29.7 Å². The minimum absolute atomic E-state index is 0.0136. The second-order valence-electron chi connectivity index (χ2n) is 7.92. The molecule has 3 heterocycles. The van der Waals surface area contributed by atoms with Gasteiger partial charge in [0.05, 0.1) is 17.7 Å². The number of rotatable bonds is 6. The Bertz CT molecular complexity index is 989. The second kappa shape index (κ2) is 11.4. The number of nitrogens with zero attached hydrogens (tertiary/aromatic N) is 1. The molecule has 182 valence electrons. The number of ether oxygens (including phenoxy) is 1. The number of hydrogen-bond donors (Lipinski definition) is 4. The molecule has 1 atom stereocenters. The van der Waals surface area contributed by atoms with Crippen LogP contribution >= 0.6 is 0 Å². The van der Waals surface area contributed by atoms with Gasteiger partial charge in [0.2, 0.25) is 17.7 Å². The van der Waals surface area contributed by atoms with Gasteiger partial charge in [-0.1, -0.05) is 0 Å². The van der Waals surface area contributed by atoms with Crippen molar-refractivity contribution in [1.82, 2.24) is 20.9 Å². The van der Waals surface area contributed by atoms with E-state index in [1.807, 2.05) is 0 Å². The Labute approximate surface area is 195 Å². The zero-order valence-electron chi connectivity index (χ0n) is 18.4. The van der Waals surface area contributed by atoms with Crippen LogP contribution in [0, 0.1) is 5.92 Å². The van der Waals surface area contributed by atoms with Crippen LogP contribution < -0.4 is 20.7 Å². The Hall–Kier alpha value is -3.80.